The van der Waals surface area contributed by atoms with Gasteiger partial charge in [-0.15, -0.1) is 0 Å². The Labute approximate surface area is 239 Å². The maximum atomic E-state index is 14.1. The summed E-state index contributed by atoms with van der Waals surface area (Å²) in [7, 11) is 3.31. The summed E-state index contributed by atoms with van der Waals surface area (Å²) in [6.45, 7) is 2.36. The van der Waals surface area contributed by atoms with Crippen LogP contribution < -0.4 is 10.1 Å². The molecule has 41 heavy (non-hydrogen) atoms. The lowest BCUT2D eigenvalue weighted by Gasteiger charge is -2.55. The monoisotopic (exact) mass is 557 g/mol. The number of urea groups is 1. The second kappa shape index (κ2) is 11.9. The highest BCUT2D eigenvalue weighted by molar-refractivity contribution is 5.92. The number of hydrogen-bond donors (Lipinski definition) is 2. The van der Waals surface area contributed by atoms with Crippen molar-refractivity contribution in [3.8, 4) is 11.5 Å². The highest BCUT2D eigenvalue weighted by Gasteiger charge is 2.51. The number of fused-ring (bicyclic) bond motifs is 1. The van der Waals surface area contributed by atoms with Crippen molar-refractivity contribution in [3.05, 3.63) is 95.6 Å². The number of carbonyl (C=O) groups excluding carboxylic acids is 3. The highest BCUT2D eigenvalue weighted by atomic mass is 16.5. The Hall–Kier alpha value is -4.57. The zero-order valence-electron chi connectivity index (χ0n) is 23.4. The Morgan fingerprint density at radius 3 is 2.32 bits per heavy atom. The van der Waals surface area contributed by atoms with Crippen LogP contribution in [0.3, 0.4) is 0 Å². The molecule has 0 radical (unpaired) electrons. The van der Waals surface area contributed by atoms with Crippen molar-refractivity contribution in [2.75, 3.05) is 27.2 Å². The minimum Gasteiger partial charge on any atom is -0.508 e. The fourth-order valence-corrected chi connectivity index (χ4v) is 5.58. The SMILES string of the molecule is COc1ccc(CNC(=O)N2C3CN(C(C)c4ccccc4)C(=O)C(Cc4ccc(O)cc4)N3C(=O)CN2C)cc1. The first-order valence-corrected chi connectivity index (χ1v) is 13.6. The molecule has 0 aliphatic carbocycles. The maximum absolute atomic E-state index is 14.1. The molecule has 2 aliphatic heterocycles. The Morgan fingerprint density at radius 1 is 1.00 bits per heavy atom. The molecule has 3 aromatic carbocycles. The molecule has 4 amide bonds. The van der Waals surface area contributed by atoms with Crippen molar-refractivity contribution in [3.63, 3.8) is 0 Å². The number of piperazine rings is 1. The summed E-state index contributed by atoms with van der Waals surface area (Å²) < 4.78 is 5.22. The van der Waals surface area contributed by atoms with Crippen molar-refractivity contribution < 1.29 is 24.2 Å². The number of methoxy groups -OCH3 is 1. The highest BCUT2D eigenvalue weighted by Crippen LogP contribution is 2.32. The third-order valence-corrected chi connectivity index (χ3v) is 7.81. The minimum atomic E-state index is -0.817. The van der Waals surface area contributed by atoms with Gasteiger partial charge in [0.1, 0.15) is 23.7 Å². The molecule has 0 saturated carbocycles. The molecule has 3 unspecified atom stereocenters. The lowest BCUT2D eigenvalue weighted by Crippen LogP contribution is -2.76. The Kier molecular flexibility index (Phi) is 8.11. The van der Waals surface area contributed by atoms with Crippen LogP contribution in [-0.2, 0) is 22.6 Å². The van der Waals surface area contributed by atoms with Gasteiger partial charge in [-0.05, 0) is 47.9 Å². The number of ether oxygens (including phenoxy) is 1. The third-order valence-electron chi connectivity index (χ3n) is 7.81. The summed E-state index contributed by atoms with van der Waals surface area (Å²) in [5.41, 5.74) is 2.66. The van der Waals surface area contributed by atoms with Crippen LogP contribution in [0.25, 0.3) is 0 Å². The largest absolute Gasteiger partial charge is 0.508 e. The number of nitrogens with zero attached hydrogens (tertiary/aromatic N) is 4. The molecule has 3 atom stereocenters. The van der Waals surface area contributed by atoms with Crippen LogP contribution in [0, 0.1) is 0 Å². The van der Waals surface area contributed by atoms with Crippen LogP contribution in [0.15, 0.2) is 78.9 Å². The summed E-state index contributed by atoms with van der Waals surface area (Å²) in [6.07, 6.45) is -0.451. The summed E-state index contributed by atoms with van der Waals surface area (Å²) in [5, 5.41) is 15.9. The van der Waals surface area contributed by atoms with E-state index in [2.05, 4.69) is 5.32 Å². The van der Waals surface area contributed by atoms with Crippen LogP contribution in [0.2, 0.25) is 0 Å². The minimum absolute atomic E-state index is 0.0416. The lowest BCUT2D eigenvalue weighted by molar-refractivity contribution is -0.189. The van der Waals surface area contributed by atoms with E-state index < -0.39 is 12.2 Å². The number of nitrogens with one attached hydrogen (secondary N) is 1. The molecule has 2 aliphatic rings. The van der Waals surface area contributed by atoms with Gasteiger partial charge in [-0.25, -0.2) is 14.8 Å². The van der Waals surface area contributed by atoms with E-state index in [0.717, 1.165) is 22.4 Å². The normalized spacial score (nSPS) is 20.0. The molecule has 0 aromatic heterocycles. The number of likely N-dealkylation sites (N-methyl/N-ethyl adjacent to an activating group) is 1. The molecule has 5 rings (SSSR count). The number of hydrazine groups is 1. The van der Waals surface area contributed by atoms with E-state index in [1.54, 1.807) is 58.2 Å². The number of aromatic hydroxyl groups is 1. The maximum Gasteiger partial charge on any atom is 0.334 e. The van der Waals surface area contributed by atoms with Gasteiger partial charge in [0.05, 0.1) is 26.2 Å². The molecule has 2 heterocycles. The molecule has 2 N–H and O–H groups in total. The average molecular weight is 558 g/mol. The van der Waals surface area contributed by atoms with Crippen LogP contribution in [-0.4, -0.2) is 82.2 Å². The molecule has 0 spiro atoms. The summed E-state index contributed by atoms with van der Waals surface area (Å²) in [6, 6.07) is 22.3. The zero-order valence-corrected chi connectivity index (χ0v) is 23.4. The first kappa shape index (κ1) is 28.0. The van der Waals surface area contributed by atoms with Gasteiger partial charge in [-0.2, -0.15) is 0 Å². The van der Waals surface area contributed by atoms with Crippen LogP contribution >= 0.6 is 0 Å². The van der Waals surface area contributed by atoms with Gasteiger partial charge in [0, 0.05) is 20.0 Å². The second-order valence-corrected chi connectivity index (χ2v) is 10.4. The van der Waals surface area contributed by atoms with Crippen molar-refractivity contribution >= 4 is 17.8 Å². The number of phenols is 1. The Balaban J connectivity index is 1.45. The van der Waals surface area contributed by atoms with E-state index in [4.69, 9.17) is 4.74 Å². The van der Waals surface area contributed by atoms with Crippen molar-refractivity contribution in [1.29, 1.82) is 0 Å². The molecule has 214 valence electrons. The van der Waals surface area contributed by atoms with Crippen LogP contribution in [0.4, 0.5) is 4.79 Å². The van der Waals surface area contributed by atoms with E-state index in [0.29, 0.717) is 0 Å². The number of benzene rings is 3. The summed E-state index contributed by atoms with van der Waals surface area (Å²) in [4.78, 5) is 44.6. The summed E-state index contributed by atoms with van der Waals surface area (Å²) >= 11 is 0. The standard InChI is InChI=1S/C31H35N5O5/c1-21(24-7-5-4-6-8-24)34-19-28-35(27(30(34)39)17-22-9-13-25(37)14-10-22)29(38)20-33(2)36(28)31(40)32-18-23-11-15-26(41-3)16-12-23/h4-16,21,27-28,37H,17-20H2,1-3H3,(H,32,40). The van der Waals surface area contributed by atoms with Gasteiger partial charge in [0.25, 0.3) is 0 Å². The van der Waals surface area contributed by atoms with E-state index in [-0.39, 0.29) is 55.7 Å². The number of amides is 4. The van der Waals surface area contributed by atoms with E-state index in [1.807, 2.05) is 61.5 Å². The number of hydrogen-bond acceptors (Lipinski definition) is 6. The van der Waals surface area contributed by atoms with Gasteiger partial charge in [-0.3, -0.25) is 9.59 Å². The molecule has 0 bridgehead atoms. The Morgan fingerprint density at radius 2 is 1.66 bits per heavy atom. The van der Waals surface area contributed by atoms with Gasteiger partial charge >= 0.3 is 6.03 Å². The first-order valence-electron chi connectivity index (χ1n) is 13.6. The average Bonchev–Trinajstić information content (AvgIpc) is 2.98. The molecule has 2 saturated heterocycles. The topological polar surface area (TPSA) is 106 Å². The fourth-order valence-electron chi connectivity index (χ4n) is 5.58. The smallest absolute Gasteiger partial charge is 0.334 e. The van der Waals surface area contributed by atoms with Gasteiger partial charge in [0.2, 0.25) is 11.8 Å². The fraction of sp³-hybridized carbons (Fsp3) is 0.323. The first-order chi connectivity index (χ1) is 19.8. The molecule has 10 nitrogen and oxygen atoms in total. The number of carbonyl (C=O) groups is 3. The van der Waals surface area contributed by atoms with Gasteiger partial charge < -0.3 is 25.0 Å². The number of rotatable bonds is 7. The number of phenolic OH excluding ortho intramolecular Hbond substituents is 1. The van der Waals surface area contributed by atoms with Crippen LogP contribution in [0.1, 0.15) is 29.7 Å². The van der Waals surface area contributed by atoms with E-state index in [9.17, 15) is 19.5 Å². The van der Waals surface area contributed by atoms with Crippen molar-refractivity contribution in [2.45, 2.75) is 38.1 Å². The zero-order chi connectivity index (χ0) is 29.1. The Bertz CT molecular complexity index is 1380. The van der Waals surface area contributed by atoms with E-state index >= 15 is 0 Å². The lowest BCUT2D eigenvalue weighted by atomic mass is 9.96. The van der Waals surface area contributed by atoms with Crippen LogP contribution in [0.5, 0.6) is 11.5 Å². The molecule has 3 aromatic rings. The van der Waals surface area contributed by atoms with E-state index in [1.165, 1.54) is 0 Å². The van der Waals surface area contributed by atoms with Crippen molar-refractivity contribution in [1.82, 2.24) is 25.1 Å². The molecular formula is C31H35N5O5. The second-order valence-electron chi connectivity index (χ2n) is 10.4. The molecule has 2 fully saturated rings. The summed E-state index contributed by atoms with van der Waals surface area (Å²) in [5.74, 6) is 0.448. The third kappa shape index (κ3) is 5.83. The van der Waals surface area contributed by atoms with Gasteiger partial charge in [0.15, 0.2) is 0 Å². The molecule has 10 heteroatoms. The predicted octanol–water partition coefficient (Wildman–Crippen LogP) is 3.14. The van der Waals surface area contributed by atoms with Crippen molar-refractivity contribution in [2.24, 2.45) is 0 Å². The van der Waals surface area contributed by atoms with Gasteiger partial charge in [-0.1, -0.05) is 54.6 Å². The quantitative estimate of drug-likeness (QED) is 0.463. The molecular weight excluding hydrogens is 522 g/mol. The predicted molar refractivity (Wildman–Crippen MR) is 153 cm³/mol.